The zero-order valence-electron chi connectivity index (χ0n) is 14.4. The molecule has 0 amide bonds. The second-order valence-electron chi connectivity index (χ2n) is 5.24. The van der Waals surface area contributed by atoms with Crippen LogP contribution in [-0.2, 0) is 11.2 Å². The van der Waals surface area contributed by atoms with E-state index in [4.69, 9.17) is 18.9 Å². The van der Waals surface area contributed by atoms with Crippen molar-refractivity contribution in [3.8, 4) is 17.2 Å². The standard InChI is InChI=1S/C20H23BrO4/c1-3-5-16-8-9-19(20(14-16)22-2)25-13-11-23-10-12-24-18-7-4-6-17(21)15-18/h3-4,6-9,14-15H,1,5,10-13H2,2H3. The van der Waals surface area contributed by atoms with E-state index in [1.807, 2.05) is 48.5 Å². The number of hydrogen-bond donors (Lipinski definition) is 0. The summed E-state index contributed by atoms with van der Waals surface area (Å²) in [5, 5.41) is 0. The Morgan fingerprint density at radius 1 is 0.960 bits per heavy atom. The van der Waals surface area contributed by atoms with E-state index in [0.717, 1.165) is 28.0 Å². The largest absolute Gasteiger partial charge is 0.493 e. The Morgan fingerprint density at radius 2 is 1.76 bits per heavy atom. The first-order valence-corrected chi connectivity index (χ1v) is 8.89. The predicted octanol–water partition coefficient (Wildman–Crippen LogP) is 4.66. The van der Waals surface area contributed by atoms with Crippen molar-refractivity contribution in [2.75, 3.05) is 33.5 Å². The van der Waals surface area contributed by atoms with Crippen molar-refractivity contribution in [3.05, 3.63) is 65.2 Å². The molecule has 2 aromatic rings. The highest BCUT2D eigenvalue weighted by Gasteiger charge is 2.05. The molecule has 5 heteroatoms. The van der Waals surface area contributed by atoms with E-state index >= 15 is 0 Å². The average Bonchev–Trinajstić information content (AvgIpc) is 2.62. The molecule has 0 aliphatic rings. The summed E-state index contributed by atoms with van der Waals surface area (Å²) in [6.45, 7) is 5.68. The SMILES string of the molecule is C=CCc1ccc(OCCOCCOc2cccc(Br)c2)c(OC)c1. The van der Waals surface area contributed by atoms with Crippen LogP contribution in [0.3, 0.4) is 0 Å². The lowest BCUT2D eigenvalue weighted by Gasteiger charge is -2.12. The summed E-state index contributed by atoms with van der Waals surface area (Å²) in [5.41, 5.74) is 1.14. The molecule has 0 spiro atoms. The fourth-order valence-corrected chi connectivity index (χ4v) is 2.59. The minimum absolute atomic E-state index is 0.452. The lowest BCUT2D eigenvalue weighted by Crippen LogP contribution is -2.12. The molecule has 0 aliphatic heterocycles. The average molecular weight is 407 g/mol. The Bertz CT molecular complexity index is 672. The zero-order chi connectivity index (χ0) is 17.9. The lowest BCUT2D eigenvalue weighted by molar-refractivity contribution is 0.0757. The summed E-state index contributed by atoms with van der Waals surface area (Å²) in [5.74, 6) is 2.25. The topological polar surface area (TPSA) is 36.9 Å². The summed E-state index contributed by atoms with van der Waals surface area (Å²) in [4.78, 5) is 0. The molecule has 0 aromatic heterocycles. The van der Waals surface area contributed by atoms with Crippen LogP contribution < -0.4 is 14.2 Å². The van der Waals surface area contributed by atoms with E-state index in [2.05, 4.69) is 22.5 Å². The number of allylic oxidation sites excluding steroid dienone is 1. The quantitative estimate of drug-likeness (QED) is 0.401. The second kappa shape index (κ2) is 10.8. The van der Waals surface area contributed by atoms with E-state index in [0.29, 0.717) is 32.2 Å². The molecule has 134 valence electrons. The van der Waals surface area contributed by atoms with Gasteiger partial charge in [0.05, 0.1) is 20.3 Å². The number of halogens is 1. The number of rotatable bonds is 11. The highest BCUT2D eigenvalue weighted by Crippen LogP contribution is 2.28. The first-order valence-electron chi connectivity index (χ1n) is 8.09. The summed E-state index contributed by atoms with van der Waals surface area (Å²) >= 11 is 3.41. The molecule has 0 heterocycles. The van der Waals surface area contributed by atoms with Crippen molar-refractivity contribution in [1.82, 2.24) is 0 Å². The number of hydrogen-bond acceptors (Lipinski definition) is 4. The van der Waals surface area contributed by atoms with E-state index in [1.54, 1.807) is 7.11 Å². The Balaban J connectivity index is 1.65. The molecule has 0 saturated carbocycles. The fourth-order valence-electron chi connectivity index (χ4n) is 2.21. The molecule has 0 radical (unpaired) electrons. The van der Waals surface area contributed by atoms with Crippen molar-refractivity contribution >= 4 is 15.9 Å². The van der Waals surface area contributed by atoms with Crippen LogP contribution in [0.15, 0.2) is 59.6 Å². The molecule has 0 unspecified atom stereocenters. The molecule has 2 rings (SSSR count). The van der Waals surface area contributed by atoms with Crippen LogP contribution in [0.2, 0.25) is 0 Å². The Kier molecular flexibility index (Phi) is 8.35. The van der Waals surface area contributed by atoms with Crippen LogP contribution in [-0.4, -0.2) is 33.5 Å². The zero-order valence-corrected chi connectivity index (χ0v) is 16.0. The third-order valence-corrected chi connectivity index (χ3v) is 3.88. The van der Waals surface area contributed by atoms with Gasteiger partial charge in [-0.2, -0.15) is 0 Å². The highest BCUT2D eigenvalue weighted by atomic mass is 79.9. The molecule has 0 fully saturated rings. The van der Waals surface area contributed by atoms with Crippen molar-refractivity contribution < 1.29 is 18.9 Å². The normalized spacial score (nSPS) is 10.3. The van der Waals surface area contributed by atoms with Gasteiger partial charge in [-0.3, -0.25) is 0 Å². The smallest absolute Gasteiger partial charge is 0.161 e. The van der Waals surface area contributed by atoms with Crippen LogP contribution in [0.5, 0.6) is 17.2 Å². The van der Waals surface area contributed by atoms with Gasteiger partial charge < -0.3 is 18.9 Å². The first-order chi connectivity index (χ1) is 12.2. The molecular formula is C20H23BrO4. The highest BCUT2D eigenvalue weighted by molar-refractivity contribution is 9.10. The minimum atomic E-state index is 0.452. The maximum atomic E-state index is 5.72. The van der Waals surface area contributed by atoms with Crippen LogP contribution >= 0.6 is 15.9 Å². The van der Waals surface area contributed by atoms with Crippen LogP contribution in [0.1, 0.15) is 5.56 Å². The van der Waals surface area contributed by atoms with E-state index in [1.165, 1.54) is 0 Å². The van der Waals surface area contributed by atoms with Crippen molar-refractivity contribution in [2.45, 2.75) is 6.42 Å². The molecular weight excluding hydrogens is 384 g/mol. The Labute approximate surface area is 157 Å². The van der Waals surface area contributed by atoms with Crippen molar-refractivity contribution in [1.29, 1.82) is 0 Å². The van der Waals surface area contributed by atoms with Gasteiger partial charge in [-0.25, -0.2) is 0 Å². The van der Waals surface area contributed by atoms with Gasteiger partial charge in [-0.05, 0) is 42.3 Å². The lowest BCUT2D eigenvalue weighted by atomic mass is 10.1. The van der Waals surface area contributed by atoms with E-state index in [-0.39, 0.29) is 0 Å². The summed E-state index contributed by atoms with van der Waals surface area (Å²) in [6.07, 6.45) is 2.66. The first kappa shape index (κ1) is 19.3. The van der Waals surface area contributed by atoms with Gasteiger partial charge in [0.2, 0.25) is 0 Å². The molecule has 4 nitrogen and oxygen atoms in total. The van der Waals surface area contributed by atoms with Gasteiger partial charge in [0.25, 0.3) is 0 Å². The van der Waals surface area contributed by atoms with Crippen molar-refractivity contribution in [3.63, 3.8) is 0 Å². The van der Waals surface area contributed by atoms with Gasteiger partial charge >= 0.3 is 0 Å². The molecule has 0 bridgehead atoms. The Hall–Kier alpha value is -1.98. The van der Waals surface area contributed by atoms with Crippen LogP contribution in [0.4, 0.5) is 0 Å². The predicted molar refractivity (Wildman–Crippen MR) is 103 cm³/mol. The molecule has 2 aromatic carbocycles. The van der Waals surface area contributed by atoms with Crippen LogP contribution in [0.25, 0.3) is 0 Å². The van der Waals surface area contributed by atoms with Crippen molar-refractivity contribution in [2.24, 2.45) is 0 Å². The maximum absolute atomic E-state index is 5.72. The summed E-state index contributed by atoms with van der Waals surface area (Å²) in [7, 11) is 1.63. The van der Waals surface area contributed by atoms with E-state index < -0.39 is 0 Å². The van der Waals surface area contributed by atoms with Gasteiger partial charge in [-0.1, -0.05) is 34.1 Å². The molecule has 0 saturated heterocycles. The number of methoxy groups -OCH3 is 1. The third-order valence-electron chi connectivity index (χ3n) is 3.39. The monoisotopic (exact) mass is 406 g/mol. The molecule has 25 heavy (non-hydrogen) atoms. The summed E-state index contributed by atoms with van der Waals surface area (Å²) in [6, 6.07) is 13.6. The molecule has 0 N–H and O–H groups in total. The summed E-state index contributed by atoms with van der Waals surface area (Å²) < 4.78 is 23.2. The molecule has 0 atom stereocenters. The second-order valence-corrected chi connectivity index (χ2v) is 6.16. The minimum Gasteiger partial charge on any atom is -0.493 e. The van der Waals surface area contributed by atoms with Crippen LogP contribution in [0, 0.1) is 0 Å². The van der Waals surface area contributed by atoms with Gasteiger partial charge in [0.1, 0.15) is 19.0 Å². The van der Waals surface area contributed by atoms with E-state index in [9.17, 15) is 0 Å². The maximum Gasteiger partial charge on any atom is 0.161 e. The third kappa shape index (κ3) is 6.80. The molecule has 0 aliphatic carbocycles. The van der Waals surface area contributed by atoms with Gasteiger partial charge in [0.15, 0.2) is 11.5 Å². The number of benzene rings is 2. The van der Waals surface area contributed by atoms with Gasteiger partial charge in [-0.15, -0.1) is 6.58 Å². The van der Waals surface area contributed by atoms with Gasteiger partial charge in [0, 0.05) is 4.47 Å². The Morgan fingerprint density at radius 3 is 2.48 bits per heavy atom. The number of ether oxygens (including phenoxy) is 4. The fraction of sp³-hybridized carbons (Fsp3) is 0.300.